The molecule has 0 aliphatic heterocycles. The molecule has 0 radical (unpaired) electrons. The molecule has 0 spiro atoms. The van der Waals surface area contributed by atoms with Gasteiger partial charge in [-0.25, -0.2) is 4.68 Å². The summed E-state index contributed by atoms with van der Waals surface area (Å²) >= 11 is 5.82. The first-order valence-corrected chi connectivity index (χ1v) is 5.62. The molecule has 0 saturated carbocycles. The van der Waals surface area contributed by atoms with Crippen LogP contribution in [0.4, 0.5) is 5.82 Å². The molecule has 0 fully saturated rings. The molecule has 1 aromatic carbocycles. The van der Waals surface area contributed by atoms with Gasteiger partial charge in [0.1, 0.15) is 11.5 Å². The SMILES string of the molecule is CCn1nc(-c2ccc(Cl)cc2)c(C=O)c1N. The monoisotopic (exact) mass is 249 g/mol. The Morgan fingerprint density at radius 3 is 2.59 bits per heavy atom. The van der Waals surface area contributed by atoms with E-state index in [9.17, 15) is 4.79 Å². The summed E-state index contributed by atoms with van der Waals surface area (Å²) in [7, 11) is 0. The summed E-state index contributed by atoms with van der Waals surface area (Å²) in [5.74, 6) is 0.396. The zero-order chi connectivity index (χ0) is 12.4. The van der Waals surface area contributed by atoms with E-state index in [2.05, 4.69) is 5.10 Å². The van der Waals surface area contributed by atoms with Crippen LogP contribution in [0.3, 0.4) is 0 Å². The fourth-order valence-corrected chi connectivity index (χ4v) is 1.79. The summed E-state index contributed by atoms with van der Waals surface area (Å²) in [6.45, 7) is 2.55. The van der Waals surface area contributed by atoms with E-state index >= 15 is 0 Å². The zero-order valence-electron chi connectivity index (χ0n) is 9.35. The zero-order valence-corrected chi connectivity index (χ0v) is 10.1. The van der Waals surface area contributed by atoms with Gasteiger partial charge < -0.3 is 5.73 Å². The van der Waals surface area contributed by atoms with Crippen LogP contribution in [0.1, 0.15) is 17.3 Å². The van der Waals surface area contributed by atoms with Gasteiger partial charge in [0.05, 0.1) is 5.56 Å². The molecule has 0 aliphatic rings. The fraction of sp³-hybridized carbons (Fsp3) is 0.167. The summed E-state index contributed by atoms with van der Waals surface area (Å²) in [5.41, 5.74) is 7.68. The lowest BCUT2D eigenvalue weighted by molar-refractivity contribution is 0.112. The Labute approximate surface area is 104 Å². The van der Waals surface area contributed by atoms with Crippen molar-refractivity contribution < 1.29 is 4.79 Å². The van der Waals surface area contributed by atoms with Crippen molar-refractivity contribution in [2.45, 2.75) is 13.5 Å². The van der Waals surface area contributed by atoms with E-state index in [1.807, 2.05) is 19.1 Å². The first kappa shape index (κ1) is 11.7. The molecule has 0 unspecified atom stereocenters. The summed E-state index contributed by atoms with van der Waals surface area (Å²) in [4.78, 5) is 11.1. The van der Waals surface area contributed by atoms with Gasteiger partial charge in [-0.1, -0.05) is 23.7 Å². The van der Waals surface area contributed by atoms with Crippen molar-refractivity contribution in [3.63, 3.8) is 0 Å². The third-order valence-corrected chi connectivity index (χ3v) is 2.82. The summed E-state index contributed by atoms with van der Waals surface area (Å²) < 4.78 is 1.60. The first-order valence-electron chi connectivity index (χ1n) is 5.24. The van der Waals surface area contributed by atoms with Gasteiger partial charge in [-0.3, -0.25) is 4.79 Å². The van der Waals surface area contributed by atoms with Gasteiger partial charge in [0.15, 0.2) is 6.29 Å². The van der Waals surface area contributed by atoms with Crippen molar-refractivity contribution in [2.24, 2.45) is 0 Å². The van der Waals surface area contributed by atoms with Crippen molar-refractivity contribution >= 4 is 23.7 Å². The van der Waals surface area contributed by atoms with E-state index in [0.717, 1.165) is 11.8 Å². The summed E-state index contributed by atoms with van der Waals surface area (Å²) in [6, 6.07) is 7.15. The van der Waals surface area contributed by atoms with Crippen LogP contribution in [-0.2, 0) is 6.54 Å². The van der Waals surface area contributed by atoms with Gasteiger partial charge in [-0.2, -0.15) is 5.10 Å². The number of nitrogens with two attached hydrogens (primary N) is 1. The quantitative estimate of drug-likeness (QED) is 0.851. The Morgan fingerprint density at radius 2 is 2.06 bits per heavy atom. The number of nitrogen functional groups attached to an aromatic ring is 1. The van der Waals surface area contributed by atoms with E-state index in [0.29, 0.717) is 28.6 Å². The van der Waals surface area contributed by atoms with Gasteiger partial charge in [-0.05, 0) is 19.1 Å². The van der Waals surface area contributed by atoms with Gasteiger partial charge in [0.2, 0.25) is 0 Å². The highest BCUT2D eigenvalue weighted by Gasteiger charge is 2.15. The number of nitrogens with zero attached hydrogens (tertiary/aromatic N) is 2. The van der Waals surface area contributed by atoms with E-state index in [-0.39, 0.29) is 0 Å². The van der Waals surface area contributed by atoms with Gasteiger partial charge in [0.25, 0.3) is 0 Å². The predicted octanol–water partition coefficient (Wildman–Crippen LogP) is 2.62. The van der Waals surface area contributed by atoms with Crippen LogP contribution in [0, 0.1) is 0 Å². The van der Waals surface area contributed by atoms with Crippen molar-refractivity contribution in [1.29, 1.82) is 0 Å². The van der Waals surface area contributed by atoms with Crippen LogP contribution in [0.2, 0.25) is 5.02 Å². The second-order valence-corrected chi connectivity index (χ2v) is 4.02. The van der Waals surface area contributed by atoms with Crippen LogP contribution < -0.4 is 5.73 Å². The molecule has 0 bridgehead atoms. The number of carbonyl (C=O) groups excluding carboxylic acids is 1. The minimum Gasteiger partial charge on any atom is -0.383 e. The molecule has 0 saturated heterocycles. The fourth-order valence-electron chi connectivity index (χ4n) is 1.67. The van der Waals surface area contributed by atoms with Crippen molar-refractivity contribution in [3.8, 4) is 11.3 Å². The van der Waals surface area contributed by atoms with Crippen molar-refractivity contribution in [1.82, 2.24) is 9.78 Å². The molecule has 88 valence electrons. The van der Waals surface area contributed by atoms with E-state index in [4.69, 9.17) is 17.3 Å². The van der Waals surface area contributed by atoms with Crippen LogP contribution >= 0.6 is 11.6 Å². The molecule has 1 heterocycles. The van der Waals surface area contributed by atoms with Gasteiger partial charge >= 0.3 is 0 Å². The first-order chi connectivity index (χ1) is 8.17. The number of aromatic nitrogens is 2. The second-order valence-electron chi connectivity index (χ2n) is 3.59. The number of hydrogen-bond donors (Lipinski definition) is 1. The van der Waals surface area contributed by atoms with Crippen molar-refractivity contribution in [3.05, 3.63) is 34.9 Å². The van der Waals surface area contributed by atoms with E-state index in [1.54, 1.807) is 16.8 Å². The summed E-state index contributed by atoms with van der Waals surface area (Å²) in [6.07, 6.45) is 0.735. The molecule has 4 nitrogen and oxygen atoms in total. The number of anilines is 1. The van der Waals surface area contributed by atoms with E-state index in [1.165, 1.54) is 0 Å². The summed E-state index contributed by atoms with van der Waals surface area (Å²) in [5, 5.41) is 4.96. The maximum Gasteiger partial charge on any atom is 0.156 e. The lowest BCUT2D eigenvalue weighted by atomic mass is 10.1. The topological polar surface area (TPSA) is 60.9 Å². The molecule has 2 aromatic rings. The smallest absolute Gasteiger partial charge is 0.156 e. The minimum absolute atomic E-state index is 0.396. The average molecular weight is 250 g/mol. The normalized spacial score (nSPS) is 10.5. The van der Waals surface area contributed by atoms with Crippen LogP contribution in [0.25, 0.3) is 11.3 Å². The number of carbonyl (C=O) groups is 1. The highest BCUT2D eigenvalue weighted by Crippen LogP contribution is 2.26. The average Bonchev–Trinajstić information content (AvgIpc) is 2.66. The van der Waals surface area contributed by atoms with Gasteiger partial charge in [-0.15, -0.1) is 0 Å². The Kier molecular flexibility index (Phi) is 3.15. The minimum atomic E-state index is 0.396. The maximum absolute atomic E-state index is 11.1. The Morgan fingerprint density at radius 1 is 1.41 bits per heavy atom. The Bertz CT molecular complexity index is 546. The third-order valence-electron chi connectivity index (χ3n) is 2.56. The Hall–Kier alpha value is -1.81. The lowest BCUT2D eigenvalue weighted by Crippen LogP contribution is -2.02. The number of aldehydes is 1. The third kappa shape index (κ3) is 2.03. The molecule has 17 heavy (non-hydrogen) atoms. The largest absolute Gasteiger partial charge is 0.383 e. The number of hydrogen-bond acceptors (Lipinski definition) is 3. The molecule has 1 aromatic heterocycles. The number of rotatable bonds is 3. The number of aryl methyl sites for hydroxylation is 1. The van der Waals surface area contributed by atoms with E-state index < -0.39 is 0 Å². The van der Waals surface area contributed by atoms with Crippen molar-refractivity contribution in [2.75, 3.05) is 5.73 Å². The molecular formula is C12H12ClN3O. The second kappa shape index (κ2) is 4.59. The van der Waals surface area contributed by atoms with Crippen LogP contribution in [-0.4, -0.2) is 16.1 Å². The molecule has 0 aliphatic carbocycles. The molecule has 2 rings (SSSR count). The molecule has 0 amide bonds. The van der Waals surface area contributed by atoms with Gasteiger partial charge in [0, 0.05) is 17.1 Å². The molecule has 0 atom stereocenters. The van der Waals surface area contributed by atoms with Crippen LogP contribution in [0.5, 0.6) is 0 Å². The lowest BCUT2D eigenvalue weighted by Gasteiger charge is -1.97. The highest BCUT2D eigenvalue weighted by molar-refractivity contribution is 6.30. The molecular weight excluding hydrogens is 238 g/mol. The number of benzene rings is 1. The maximum atomic E-state index is 11.1. The predicted molar refractivity (Wildman–Crippen MR) is 68.1 cm³/mol. The highest BCUT2D eigenvalue weighted by atomic mass is 35.5. The number of halogens is 1. The molecule has 2 N–H and O–H groups in total. The standard InChI is InChI=1S/C12H12ClN3O/c1-2-16-12(14)10(7-17)11(15-16)8-3-5-9(13)6-4-8/h3-7H,2,14H2,1H3. The van der Waals surface area contributed by atoms with Crippen LogP contribution in [0.15, 0.2) is 24.3 Å². The molecule has 5 heteroatoms. The Balaban J connectivity index is 2.58.